The van der Waals surface area contributed by atoms with Crippen LogP contribution in [0.15, 0.2) is 36.5 Å². The average Bonchev–Trinajstić information content (AvgIpc) is 2.49. The summed E-state index contributed by atoms with van der Waals surface area (Å²) in [5, 5.41) is 9.45. The predicted octanol–water partition coefficient (Wildman–Crippen LogP) is 2.99. The SMILES string of the molecule is O=C(O)c1cnc2c(c1Cl)CN(Cc1ccccc1)CC2. The van der Waals surface area contributed by atoms with Crippen molar-refractivity contribution in [3.63, 3.8) is 0 Å². The van der Waals surface area contributed by atoms with Crippen LogP contribution in [0.25, 0.3) is 0 Å². The minimum atomic E-state index is -1.03. The number of halogens is 1. The van der Waals surface area contributed by atoms with Crippen molar-refractivity contribution < 1.29 is 9.90 Å². The van der Waals surface area contributed by atoms with Crippen molar-refractivity contribution in [1.29, 1.82) is 0 Å². The number of fused-ring (bicyclic) bond motifs is 1. The van der Waals surface area contributed by atoms with Gasteiger partial charge in [-0.2, -0.15) is 0 Å². The Kier molecular flexibility index (Phi) is 3.90. The second kappa shape index (κ2) is 5.84. The molecule has 2 aromatic rings. The average molecular weight is 303 g/mol. The summed E-state index contributed by atoms with van der Waals surface area (Å²) >= 11 is 6.24. The zero-order valence-electron chi connectivity index (χ0n) is 11.4. The highest BCUT2D eigenvalue weighted by Gasteiger charge is 2.23. The first-order valence-corrected chi connectivity index (χ1v) is 7.19. The molecule has 108 valence electrons. The Labute approximate surface area is 128 Å². The number of carbonyl (C=O) groups is 1. The fraction of sp³-hybridized carbons (Fsp3) is 0.250. The summed E-state index contributed by atoms with van der Waals surface area (Å²) in [5.74, 6) is -1.03. The molecule has 2 heterocycles. The van der Waals surface area contributed by atoms with Gasteiger partial charge in [0.15, 0.2) is 0 Å². The van der Waals surface area contributed by atoms with Crippen molar-refractivity contribution in [2.24, 2.45) is 0 Å². The molecule has 0 saturated carbocycles. The first-order valence-electron chi connectivity index (χ1n) is 6.81. The number of aromatic carboxylic acids is 1. The van der Waals surface area contributed by atoms with E-state index in [0.717, 1.165) is 30.8 Å². The molecule has 21 heavy (non-hydrogen) atoms. The minimum absolute atomic E-state index is 0.0805. The Morgan fingerprint density at radius 3 is 2.81 bits per heavy atom. The topological polar surface area (TPSA) is 53.4 Å². The third-order valence-corrected chi connectivity index (χ3v) is 4.16. The third kappa shape index (κ3) is 2.91. The van der Waals surface area contributed by atoms with Gasteiger partial charge in [0, 0.05) is 43.5 Å². The normalized spacial score (nSPS) is 14.7. The van der Waals surface area contributed by atoms with Gasteiger partial charge >= 0.3 is 5.97 Å². The maximum atomic E-state index is 11.1. The number of hydrogen-bond acceptors (Lipinski definition) is 3. The van der Waals surface area contributed by atoms with E-state index in [9.17, 15) is 4.79 Å². The van der Waals surface area contributed by atoms with Gasteiger partial charge in [-0.25, -0.2) is 4.79 Å². The first-order chi connectivity index (χ1) is 10.1. The van der Waals surface area contributed by atoms with Crippen LogP contribution in [0.4, 0.5) is 0 Å². The van der Waals surface area contributed by atoms with Crippen LogP contribution in [0.3, 0.4) is 0 Å². The van der Waals surface area contributed by atoms with Gasteiger partial charge in [-0.3, -0.25) is 9.88 Å². The van der Waals surface area contributed by atoms with Gasteiger partial charge in [0.2, 0.25) is 0 Å². The van der Waals surface area contributed by atoms with Crippen molar-refractivity contribution >= 4 is 17.6 Å². The monoisotopic (exact) mass is 302 g/mol. The molecule has 0 atom stereocenters. The lowest BCUT2D eigenvalue weighted by atomic mass is 10.0. The minimum Gasteiger partial charge on any atom is -0.478 e. The van der Waals surface area contributed by atoms with Gasteiger partial charge in [-0.15, -0.1) is 0 Å². The second-order valence-corrected chi connectivity index (χ2v) is 5.54. The van der Waals surface area contributed by atoms with Crippen LogP contribution in [0.1, 0.15) is 27.2 Å². The van der Waals surface area contributed by atoms with E-state index in [1.54, 1.807) is 0 Å². The molecule has 0 unspecified atom stereocenters. The molecule has 3 rings (SSSR count). The van der Waals surface area contributed by atoms with Crippen LogP contribution >= 0.6 is 11.6 Å². The van der Waals surface area contributed by atoms with E-state index in [1.807, 2.05) is 18.2 Å². The Bertz CT molecular complexity index is 673. The van der Waals surface area contributed by atoms with Gasteiger partial charge in [0.05, 0.1) is 10.6 Å². The van der Waals surface area contributed by atoms with Crippen LogP contribution in [0.5, 0.6) is 0 Å². The summed E-state index contributed by atoms with van der Waals surface area (Å²) in [5.41, 5.74) is 3.07. The summed E-state index contributed by atoms with van der Waals surface area (Å²) in [6.07, 6.45) is 2.15. The van der Waals surface area contributed by atoms with Crippen molar-refractivity contribution in [2.45, 2.75) is 19.5 Å². The molecular weight excluding hydrogens is 288 g/mol. The quantitative estimate of drug-likeness (QED) is 0.947. The Morgan fingerprint density at radius 2 is 2.10 bits per heavy atom. The smallest absolute Gasteiger partial charge is 0.338 e. The van der Waals surface area contributed by atoms with E-state index in [-0.39, 0.29) is 5.56 Å². The number of benzene rings is 1. The molecule has 0 radical (unpaired) electrons. The number of nitrogens with zero attached hydrogens (tertiary/aromatic N) is 2. The maximum Gasteiger partial charge on any atom is 0.338 e. The molecule has 0 saturated heterocycles. The Balaban J connectivity index is 1.84. The number of pyridine rings is 1. The molecular formula is C16H15ClN2O2. The van der Waals surface area contributed by atoms with Gasteiger partial charge in [0.1, 0.15) is 0 Å². The van der Waals surface area contributed by atoms with E-state index in [1.165, 1.54) is 11.8 Å². The van der Waals surface area contributed by atoms with Crippen molar-refractivity contribution in [3.8, 4) is 0 Å². The highest BCUT2D eigenvalue weighted by atomic mass is 35.5. The molecule has 0 bridgehead atoms. The molecule has 0 fully saturated rings. The predicted molar refractivity (Wildman–Crippen MR) is 80.5 cm³/mol. The molecule has 1 aliphatic heterocycles. The molecule has 0 amide bonds. The Morgan fingerprint density at radius 1 is 1.33 bits per heavy atom. The maximum absolute atomic E-state index is 11.1. The second-order valence-electron chi connectivity index (χ2n) is 5.16. The number of hydrogen-bond donors (Lipinski definition) is 1. The van der Waals surface area contributed by atoms with Crippen LogP contribution < -0.4 is 0 Å². The molecule has 0 aliphatic carbocycles. The number of carboxylic acids is 1. The summed E-state index contributed by atoms with van der Waals surface area (Å²) in [6, 6.07) is 10.2. The fourth-order valence-electron chi connectivity index (χ4n) is 2.63. The molecule has 4 nitrogen and oxygen atoms in total. The van der Waals surface area contributed by atoms with E-state index in [4.69, 9.17) is 16.7 Å². The van der Waals surface area contributed by atoms with E-state index in [0.29, 0.717) is 11.6 Å². The first kappa shape index (κ1) is 14.0. The van der Waals surface area contributed by atoms with Crippen LogP contribution in [0, 0.1) is 0 Å². The highest BCUT2D eigenvalue weighted by Crippen LogP contribution is 2.28. The fourth-order valence-corrected chi connectivity index (χ4v) is 2.93. The molecule has 1 aromatic carbocycles. The lowest BCUT2D eigenvalue weighted by Gasteiger charge is -2.29. The molecule has 5 heteroatoms. The number of rotatable bonds is 3. The molecule has 1 aromatic heterocycles. The van der Waals surface area contributed by atoms with E-state index in [2.05, 4.69) is 22.0 Å². The summed E-state index contributed by atoms with van der Waals surface area (Å²) < 4.78 is 0. The van der Waals surface area contributed by atoms with Crippen molar-refractivity contribution in [3.05, 3.63) is 63.9 Å². The van der Waals surface area contributed by atoms with E-state index >= 15 is 0 Å². The van der Waals surface area contributed by atoms with E-state index < -0.39 is 5.97 Å². The van der Waals surface area contributed by atoms with Gasteiger partial charge < -0.3 is 5.11 Å². The van der Waals surface area contributed by atoms with Crippen LogP contribution in [-0.4, -0.2) is 27.5 Å². The molecule has 1 aliphatic rings. The van der Waals surface area contributed by atoms with Gasteiger partial charge in [-0.05, 0) is 5.56 Å². The van der Waals surface area contributed by atoms with Crippen molar-refractivity contribution in [2.75, 3.05) is 6.54 Å². The number of carboxylic acid groups (broad SMARTS) is 1. The van der Waals surface area contributed by atoms with Gasteiger partial charge in [-0.1, -0.05) is 41.9 Å². The molecule has 0 spiro atoms. The zero-order valence-corrected chi connectivity index (χ0v) is 12.2. The standard InChI is InChI=1S/C16H15ClN2O2/c17-15-12(16(20)21)8-18-14-6-7-19(10-13(14)15)9-11-4-2-1-3-5-11/h1-5,8H,6-7,9-10H2,(H,20,21). The van der Waals surface area contributed by atoms with Gasteiger partial charge in [0.25, 0.3) is 0 Å². The lowest BCUT2D eigenvalue weighted by Crippen LogP contribution is -2.31. The largest absolute Gasteiger partial charge is 0.478 e. The number of aromatic nitrogens is 1. The summed E-state index contributed by atoms with van der Waals surface area (Å²) in [6.45, 7) is 2.36. The third-order valence-electron chi connectivity index (χ3n) is 3.73. The Hall–Kier alpha value is -1.91. The van der Waals surface area contributed by atoms with Crippen LogP contribution in [0.2, 0.25) is 5.02 Å². The lowest BCUT2D eigenvalue weighted by molar-refractivity contribution is 0.0696. The van der Waals surface area contributed by atoms with Crippen molar-refractivity contribution in [1.82, 2.24) is 9.88 Å². The van der Waals surface area contributed by atoms with Crippen LogP contribution in [-0.2, 0) is 19.5 Å². The summed E-state index contributed by atoms with van der Waals surface area (Å²) in [7, 11) is 0. The zero-order chi connectivity index (χ0) is 14.8. The molecule has 1 N–H and O–H groups in total. The summed E-state index contributed by atoms with van der Waals surface area (Å²) in [4.78, 5) is 17.7. The highest BCUT2D eigenvalue weighted by molar-refractivity contribution is 6.34.